The Morgan fingerprint density at radius 3 is 2.36 bits per heavy atom. The van der Waals surface area contributed by atoms with Crippen LogP contribution in [0.2, 0.25) is 0 Å². The summed E-state index contributed by atoms with van der Waals surface area (Å²) in [7, 11) is 0. The molecular formula is C11H18N2S. The summed E-state index contributed by atoms with van der Waals surface area (Å²) in [4.78, 5) is 7.78. The molecule has 0 bridgehead atoms. The van der Waals surface area contributed by atoms with Gasteiger partial charge in [0.2, 0.25) is 0 Å². The predicted octanol–water partition coefficient (Wildman–Crippen LogP) is 3.31. The molecule has 2 nitrogen and oxygen atoms in total. The van der Waals surface area contributed by atoms with Crippen molar-refractivity contribution in [2.75, 3.05) is 0 Å². The Morgan fingerprint density at radius 1 is 1.36 bits per heavy atom. The van der Waals surface area contributed by atoms with Gasteiger partial charge in [0.15, 0.2) is 0 Å². The highest BCUT2D eigenvalue weighted by molar-refractivity contribution is 7.71. The number of H-pyrrole nitrogens is 1. The molecule has 0 atom stereocenters. The number of rotatable bonds is 1. The molecule has 0 saturated heterocycles. The lowest BCUT2D eigenvalue weighted by Crippen LogP contribution is -2.17. The maximum atomic E-state index is 5.23. The van der Waals surface area contributed by atoms with E-state index in [-0.39, 0.29) is 5.41 Å². The smallest absolute Gasteiger partial charge is 0.132 e. The van der Waals surface area contributed by atoms with Gasteiger partial charge in [-0.05, 0) is 13.3 Å². The molecule has 14 heavy (non-hydrogen) atoms. The minimum absolute atomic E-state index is 0.0329. The molecule has 1 rings (SSSR count). The molecule has 1 aromatic heterocycles. The minimum atomic E-state index is 0.0329. The van der Waals surface area contributed by atoms with E-state index in [4.69, 9.17) is 12.2 Å². The lowest BCUT2D eigenvalue weighted by Gasteiger charge is -2.19. The number of aromatic amines is 1. The Balaban J connectivity index is 3.38. The molecular weight excluding hydrogens is 192 g/mol. The van der Waals surface area contributed by atoms with Crippen LogP contribution in [0.1, 0.15) is 44.8 Å². The molecule has 0 spiro atoms. The van der Waals surface area contributed by atoms with Crippen molar-refractivity contribution < 1.29 is 0 Å². The van der Waals surface area contributed by atoms with E-state index >= 15 is 0 Å². The van der Waals surface area contributed by atoms with Crippen LogP contribution in [-0.4, -0.2) is 9.97 Å². The third kappa shape index (κ3) is 2.21. The van der Waals surface area contributed by atoms with Crippen molar-refractivity contribution >= 4 is 12.2 Å². The molecule has 0 fully saturated rings. The van der Waals surface area contributed by atoms with E-state index in [1.54, 1.807) is 0 Å². The molecule has 0 aliphatic carbocycles. The van der Waals surface area contributed by atoms with E-state index in [0.717, 1.165) is 22.4 Å². The summed E-state index contributed by atoms with van der Waals surface area (Å²) >= 11 is 5.23. The quantitative estimate of drug-likeness (QED) is 0.720. The van der Waals surface area contributed by atoms with Gasteiger partial charge in [0.25, 0.3) is 0 Å². The van der Waals surface area contributed by atoms with Gasteiger partial charge in [-0.25, -0.2) is 4.98 Å². The summed E-state index contributed by atoms with van der Waals surface area (Å²) < 4.78 is 0.727. The highest BCUT2D eigenvalue weighted by Gasteiger charge is 2.17. The van der Waals surface area contributed by atoms with Crippen molar-refractivity contribution in [1.29, 1.82) is 0 Å². The second-order valence-electron chi connectivity index (χ2n) is 4.60. The molecule has 0 aromatic carbocycles. The number of nitrogens with one attached hydrogen (secondary N) is 1. The van der Waals surface area contributed by atoms with Gasteiger partial charge >= 0.3 is 0 Å². The summed E-state index contributed by atoms with van der Waals surface area (Å²) in [5.74, 6) is 0.977. The Labute approximate surface area is 90.8 Å². The second kappa shape index (κ2) is 3.81. The van der Waals surface area contributed by atoms with E-state index in [1.165, 1.54) is 5.69 Å². The lowest BCUT2D eigenvalue weighted by atomic mass is 9.95. The summed E-state index contributed by atoms with van der Waals surface area (Å²) in [5, 5.41) is 0. The van der Waals surface area contributed by atoms with E-state index < -0.39 is 0 Å². The monoisotopic (exact) mass is 210 g/mol. The van der Waals surface area contributed by atoms with Crippen LogP contribution in [0.5, 0.6) is 0 Å². The maximum Gasteiger partial charge on any atom is 0.132 e. The average molecular weight is 210 g/mol. The predicted molar refractivity (Wildman–Crippen MR) is 62.2 cm³/mol. The molecule has 0 amide bonds. The second-order valence-corrected chi connectivity index (χ2v) is 4.98. The summed E-state index contributed by atoms with van der Waals surface area (Å²) in [6.07, 6.45) is 0.973. The molecule has 0 radical (unpaired) electrons. The average Bonchev–Trinajstić information content (AvgIpc) is 2.07. The van der Waals surface area contributed by atoms with E-state index in [0.29, 0.717) is 0 Å². The first-order valence-electron chi connectivity index (χ1n) is 4.96. The molecule has 3 heteroatoms. The fourth-order valence-corrected chi connectivity index (χ4v) is 1.50. The number of aryl methyl sites for hydroxylation is 1. The Bertz CT molecular complexity index is 385. The largest absolute Gasteiger partial charge is 0.346 e. The number of hydrogen-bond acceptors (Lipinski definition) is 2. The first-order valence-corrected chi connectivity index (χ1v) is 5.37. The molecule has 1 aromatic rings. The van der Waals surface area contributed by atoms with Crippen molar-refractivity contribution in [2.45, 2.75) is 46.5 Å². The number of aromatic nitrogens is 2. The van der Waals surface area contributed by atoms with E-state index in [1.807, 2.05) is 6.92 Å². The fraction of sp³-hybridized carbons (Fsp3) is 0.636. The molecule has 0 aliphatic rings. The third-order valence-electron chi connectivity index (χ3n) is 2.32. The van der Waals surface area contributed by atoms with Gasteiger partial charge in [-0.2, -0.15) is 0 Å². The summed E-state index contributed by atoms with van der Waals surface area (Å²) in [6.45, 7) is 10.6. The van der Waals surface area contributed by atoms with E-state index in [2.05, 4.69) is 37.7 Å². The van der Waals surface area contributed by atoms with Gasteiger partial charge < -0.3 is 4.98 Å². The Morgan fingerprint density at radius 2 is 1.93 bits per heavy atom. The van der Waals surface area contributed by atoms with Crippen LogP contribution >= 0.6 is 12.2 Å². The standard InChI is InChI=1S/C11H18N2S/c1-6-8-7(2)9(14)13-10(12-8)11(3,4)5/h6H2,1-5H3,(H,12,13,14). The zero-order chi connectivity index (χ0) is 10.9. The highest BCUT2D eigenvalue weighted by atomic mass is 32.1. The lowest BCUT2D eigenvalue weighted by molar-refractivity contribution is 0.539. The van der Waals surface area contributed by atoms with Gasteiger partial charge in [-0.3, -0.25) is 0 Å². The molecule has 1 heterocycles. The molecule has 0 unspecified atom stereocenters. The number of nitrogens with zero attached hydrogens (tertiary/aromatic N) is 1. The van der Waals surface area contributed by atoms with Crippen LogP contribution in [-0.2, 0) is 11.8 Å². The molecule has 1 N–H and O–H groups in total. The van der Waals surface area contributed by atoms with Gasteiger partial charge in [0, 0.05) is 16.7 Å². The van der Waals surface area contributed by atoms with Crippen LogP contribution in [0.3, 0.4) is 0 Å². The van der Waals surface area contributed by atoms with Gasteiger partial charge in [-0.15, -0.1) is 0 Å². The first kappa shape index (κ1) is 11.4. The van der Waals surface area contributed by atoms with Crippen LogP contribution in [0.4, 0.5) is 0 Å². The highest BCUT2D eigenvalue weighted by Crippen LogP contribution is 2.19. The SMILES string of the molecule is CCc1[nH]c(C(C)(C)C)nc(=S)c1C. The van der Waals surface area contributed by atoms with Crippen molar-refractivity contribution in [1.82, 2.24) is 9.97 Å². The van der Waals surface area contributed by atoms with Crippen LogP contribution in [0.25, 0.3) is 0 Å². The van der Waals surface area contributed by atoms with Crippen LogP contribution in [0, 0.1) is 11.6 Å². The van der Waals surface area contributed by atoms with Crippen molar-refractivity contribution in [3.8, 4) is 0 Å². The normalized spacial score (nSPS) is 11.8. The minimum Gasteiger partial charge on any atom is -0.346 e. The van der Waals surface area contributed by atoms with Crippen LogP contribution < -0.4 is 0 Å². The van der Waals surface area contributed by atoms with Crippen molar-refractivity contribution in [3.05, 3.63) is 21.7 Å². The van der Waals surface area contributed by atoms with Crippen molar-refractivity contribution in [2.24, 2.45) is 0 Å². The fourth-order valence-electron chi connectivity index (χ4n) is 1.29. The number of hydrogen-bond donors (Lipinski definition) is 1. The Hall–Kier alpha value is -0.700. The zero-order valence-corrected chi connectivity index (χ0v) is 10.4. The molecule has 0 saturated carbocycles. The molecule has 0 aliphatic heterocycles. The summed E-state index contributed by atoms with van der Waals surface area (Å²) in [6, 6.07) is 0. The first-order chi connectivity index (χ1) is 6.36. The molecule has 78 valence electrons. The Kier molecular flexibility index (Phi) is 3.10. The van der Waals surface area contributed by atoms with Gasteiger partial charge in [0.05, 0.1) is 0 Å². The van der Waals surface area contributed by atoms with E-state index in [9.17, 15) is 0 Å². The van der Waals surface area contributed by atoms with Gasteiger partial charge in [-0.1, -0.05) is 39.9 Å². The summed E-state index contributed by atoms with van der Waals surface area (Å²) in [5.41, 5.74) is 2.34. The van der Waals surface area contributed by atoms with Crippen molar-refractivity contribution in [3.63, 3.8) is 0 Å². The third-order valence-corrected chi connectivity index (χ3v) is 2.72. The van der Waals surface area contributed by atoms with Gasteiger partial charge in [0.1, 0.15) is 10.5 Å². The maximum absolute atomic E-state index is 5.23. The zero-order valence-electron chi connectivity index (χ0n) is 9.56. The topological polar surface area (TPSA) is 28.7 Å². The van der Waals surface area contributed by atoms with Crippen LogP contribution in [0.15, 0.2) is 0 Å².